The Morgan fingerprint density at radius 1 is 1.44 bits per heavy atom. The van der Waals surface area contributed by atoms with Crippen molar-refractivity contribution in [2.75, 3.05) is 13.2 Å². The van der Waals surface area contributed by atoms with Crippen LogP contribution < -0.4 is 5.32 Å². The predicted molar refractivity (Wildman–Crippen MR) is 69.5 cm³/mol. The number of morpholine rings is 1. The molecule has 0 amide bonds. The SMILES string of the molecule is CC(C)C1COC(c2cccc(Br)c2)CN1. The lowest BCUT2D eigenvalue weighted by Gasteiger charge is -2.32. The lowest BCUT2D eigenvalue weighted by atomic mass is 10.0. The Bertz CT molecular complexity index is 346. The van der Waals surface area contributed by atoms with Crippen LogP contribution in [0, 0.1) is 5.92 Å². The lowest BCUT2D eigenvalue weighted by Crippen LogP contribution is -2.45. The van der Waals surface area contributed by atoms with Crippen LogP contribution in [0.25, 0.3) is 0 Å². The van der Waals surface area contributed by atoms with Gasteiger partial charge in [-0.2, -0.15) is 0 Å². The molecule has 1 aliphatic rings. The molecule has 16 heavy (non-hydrogen) atoms. The second-order valence-corrected chi connectivity index (χ2v) is 5.55. The highest BCUT2D eigenvalue weighted by atomic mass is 79.9. The van der Waals surface area contributed by atoms with E-state index in [2.05, 4.69) is 53.3 Å². The number of hydrogen-bond donors (Lipinski definition) is 1. The third-order valence-electron chi connectivity index (χ3n) is 3.07. The van der Waals surface area contributed by atoms with E-state index in [1.54, 1.807) is 0 Å². The normalized spacial score (nSPS) is 26.0. The topological polar surface area (TPSA) is 21.3 Å². The molecule has 88 valence electrons. The van der Waals surface area contributed by atoms with Crippen LogP contribution in [0.4, 0.5) is 0 Å². The largest absolute Gasteiger partial charge is 0.371 e. The first kappa shape index (κ1) is 12.1. The Morgan fingerprint density at radius 3 is 2.81 bits per heavy atom. The Hall–Kier alpha value is -0.380. The predicted octanol–water partition coefficient (Wildman–Crippen LogP) is 3.13. The van der Waals surface area contributed by atoms with Crippen molar-refractivity contribution in [3.63, 3.8) is 0 Å². The third-order valence-corrected chi connectivity index (χ3v) is 3.56. The molecule has 2 atom stereocenters. The molecule has 0 spiro atoms. The van der Waals surface area contributed by atoms with Gasteiger partial charge in [0.05, 0.1) is 12.7 Å². The van der Waals surface area contributed by atoms with Gasteiger partial charge in [-0.15, -0.1) is 0 Å². The molecule has 2 nitrogen and oxygen atoms in total. The summed E-state index contributed by atoms with van der Waals surface area (Å²) >= 11 is 3.49. The van der Waals surface area contributed by atoms with Crippen molar-refractivity contribution in [3.05, 3.63) is 34.3 Å². The Labute approximate surface area is 106 Å². The summed E-state index contributed by atoms with van der Waals surface area (Å²) in [7, 11) is 0. The van der Waals surface area contributed by atoms with Gasteiger partial charge in [-0.3, -0.25) is 0 Å². The Morgan fingerprint density at radius 2 is 2.25 bits per heavy atom. The molecule has 0 bridgehead atoms. The van der Waals surface area contributed by atoms with Crippen LogP contribution in [0.15, 0.2) is 28.7 Å². The maximum Gasteiger partial charge on any atom is 0.0950 e. The fraction of sp³-hybridized carbons (Fsp3) is 0.538. The van der Waals surface area contributed by atoms with E-state index in [0.717, 1.165) is 17.6 Å². The molecular formula is C13H18BrNO. The van der Waals surface area contributed by atoms with Gasteiger partial charge >= 0.3 is 0 Å². The fourth-order valence-electron chi connectivity index (χ4n) is 1.95. The summed E-state index contributed by atoms with van der Waals surface area (Å²) in [6, 6.07) is 8.83. The first-order chi connectivity index (χ1) is 7.66. The maximum absolute atomic E-state index is 5.91. The minimum absolute atomic E-state index is 0.187. The molecule has 0 aliphatic carbocycles. The monoisotopic (exact) mass is 283 g/mol. The summed E-state index contributed by atoms with van der Waals surface area (Å²) in [5.74, 6) is 0.628. The first-order valence-corrected chi connectivity index (χ1v) is 6.56. The van der Waals surface area contributed by atoms with Crippen molar-refractivity contribution in [2.24, 2.45) is 5.92 Å². The summed E-state index contributed by atoms with van der Waals surface area (Å²) in [4.78, 5) is 0. The van der Waals surface area contributed by atoms with Crippen LogP contribution in [-0.4, -0.2) is 19.2 Å². The summed E-state index contributed by atoms with van der Waals surface area (Å²) in [5, 5.41) is 3.55. The van der Waals surface area contributed by atoms with E-state index in [9.17, 15) is 0 Å². The molecule has 1 fully saturated rings. The molecule has 2 unspecified atom stereocenters. The molecule has 3 heteroatoms. The Balaban J connectivity index is 1.99. The van der Waals surface area contributed by atoms with Crippen LogP contribution in [0.5, 0.6) is 0 Å². The molecule has 0 saturated carbocycles. The van der Waals surface area contributed by atoms with Gasteiger partial charge in [0.25, 0.3) is 0 Å². The highest BCUT2D eigenvalue weighted by Crippen LogP contribution is 2.24. The molecule has 1 aromatic carbocycles. The van der Waals surface area contributed by atoms with Crippen molar-refractivity contribution in [1.29, 1.82) is 0 Å². The van der Waals surface area contributed by atoms with Crippen molar-refractivity contribution in [1.82, 2.24) is 5.32 Å². The van der Waals surface area contributed by atoms with E-state index < -0.39 is 0 Å². The molecule has 1 aromatic rings. The van der Waals surface area contributed by atoms with Gasteiger partial charge < -0.3 is 10.1 Å². The van der Waals surface area contributed by atoms with Crippen LogP contribution in [-0.2, 0) is 4.74 Å². The van der Waals surface area contributed by atoms with E-state index in [1.807, 2.05) is 6.07 Å². The van der Waals surface area contributed by atoms with Crippen molar-refractivity contribution in [3.8, 4) is 0 Å². The first-order valence-electron chi connectivity index (χ1n) is 5.77. The van der Waals surface area contributed by atoms with E-state index in [4.69, 9.17) is 4.74 Å². The second kappa shape index (κ2) is 5.30. The number of hydrogen-bond acceptors (Lipinski definition) is 2. The highest BCUT2D eigenvalue weighted by Gasteiger charge is 2.23. The van der Waals surface area contributed by atoms with E-state index in [1.165, 1.54) is 5.56 Å². The third kappa shape index (κ3) is 2.84. The number of rotatable bonds is 2. The molecular weight excluding hydrogens is 266 g/mol. The number of nitrogens with one attached hydrogen (secondary N) is 1. The standard InChI is InChI=1S/C13H18BrNO/c1-9(2)12-8-16-13(7-15-12)10-4-3-5-11(14)6-10/h3-6,9,12-13,15H,7-8H2,1-2H3. The summed E-state index contributed by atoms with van der Waals surface area (Å²) < 4.78 is 7.02. The van der Waals surface area contributed by atoms with Crippen LogP contribution in [0.3, 0.4) is 0 Å². The zero-order chi connectivity index (χ0) is 11.5. The Kier molecular flexibility index (Phi) is 4.00. The molecule has 1 N–H and O–H groups in total. The molecule has 1 saturated heterocycles. The fourth-order valence-corrected chi connectivity index (χ4v) is 2.36. The number of halogens is 1. The van der Waals surface area contributed by atoms with Crippen molar-refractivity contribution >= 4 is 15.9 Å². The van der Waals surface area contributed by atoms with E-state index >= 15 is 0 Å². The lowest BCUT2D eigenvalue weighted by molar-refractivity contribution is -0.00713. The average molecular weight is 284 g/mol. The minimum Gasteiger partial charge on any atom is -0.371 e. The van der Waals surface area contributed by atoms with Crippen LogP contribution in [0.2, 0.25) is 0 Å². The minimum atomic E-state index is 0.187. The molecule has 0 aromatic heterocycles. The van der Waals surface area contributed by atoms with Crippen LogP contribution >= 0.6 is 15.9 Å². The number of benzene rings is 1. The van der Waals surface area contributed by atoms with E-state index in [-0.39, 0.29) is 6.10 Å². The number of ether oxygens (including phenoxy) is 1. The second-order valence-electron chi connectivity index (χ2n) is 4.64. The van der Waals surface area contributed by atoms with Gasteiger partial charge in [0, 0.05) is 17.1 Å². The molecule has 1 heterocycles. The quantitative estimate of drug-likeness (QED) is 0.901. The zero-order valence-electron chi connectivity index (χ0n) is 9.74. The summed E-state index contributed by atoms with van der Waals surface area (Å²) in [6.07, 6.45) is 0.187. The van der Waals surface area contributed by atoms with Crippen molar-refractivity contribution in [2.45, 2.75) is 26.0 Å². The molecule has 0 radical (unpaired) electrons. The van der Waals surface area contributed by atoms with Gasteiger partial charge in [-0.1, -0.05) is 41.9 Å². The zero-order valence-corrected chi connectivity index (χ0v) is 11.3. The van der Waals surface area contributed by atoms with Gasteiger partial charge in [0.2, 0.25) is 0 Å². The van der Waals surface area contributed by atoms with Gasteiger partial charge in [-0.05, 0) is 23.6 Å². The van der Waals surface area contributed by atoms with Gasteiger partial charge in [0.15, 0.2) is 0 Å². The van der Waals surface area contributed by atoms with Gasteiger partial charge in [-0.25, -0.2) is 0 Å². The van der Waals surface area contributed by atoms with Crippen LogP contribution in [0.1, 0.15) is 25.5 Å². The highest BCUT2D eigenvalue weighted by molar-refractivity contribution is 9.10. The summed E-state index contributed by atoms with van der Waals surface area (Å²) in [6.45, 7) is 6.15. The van der Waals surface area contributed by atoms with Crippen molar-refractivity contribution < 1.29 is 4.74 Å². The molecule has 1 aliphatic heterocycles. The summed E-state index contributed by atoms with van der Waals surface area (Å²) in [5.41, 5.74) is 1.24. The maximum atomic E-state index is 5.91. The molecule has 2 rings (SSSR count). The average Bonchev–Trinajstić information content (AvgIpc) is 2.29. The van der Waals surface area contributed by atoms with E-state index in [0.29, 0.717) is 12.0 Å². The van der Waals surface area contributed by atoms with Gasteiger partial charge in [0.1, 0.15) is 0 Å². The smallest absolute Gasteiger partial charge is 0.0950 e.